The first-order chi connectivity index (χ1) is 12.6. The number of hydrogen-bond donors (Lipinski definition) is 2. The summed E-state index contributed by atoms with van der Waals surface area (Å²) in [6, 6.07) is 16.8. The number of nitrogens with zero attached hydrogens (tertiary/aromatic N) is 1. The lowest BCUT2D eigenvalue weighted by Gasteiger charge is -2.25. The highest BCUT2D eigenvalue weighted by Gasteiger charge is 2.20. The Morgan fingerprint density at radius 1 is 1.12 bits per heavy atom. The molecule has 26 heavy (non-hydrogen) atoms. The van der Waals surface area contributed by atoms with Gasteiger partial charge in [0.05, 0.1) is 6.04 Å². The summed E-state index contributed by atoms with van der Waals surface area (Å²) in [5.41, 5.74) is 10.9. The fourth-order valence-electron chi connectivity index (χ4n) is 3.63. The first-order valence-electron chi connectivity index (χ1n) is 9.41. The summed E-state index contributed by atoms with van der Waals surface area (Å²) in [6.45, 7) is 5.88. The molecule has 138 valence electrons. The molecular formula is C22H29N3O. The van der Waals surface area contributed by atoms with Crippen LogP contribution in [-0.4, -0.2) is 19.2 Å². The molecule has 1 heterocycles. The summed E-state index contributed by atoms with van der Waals surface area (Å²) in [4.78, 5) is 4.84. The molecule has 0 radical (unpaired) electrons. The monoisotopic (exact) mass is 351 g/mol. The quantitative estimate of drug-likeness (QED) is 0.612. The molecule has 2 aromatic carbocycles. The molecule has 4 heteroatoms. The van der Waals surface area contributed by atoms with Crippen molar-refractivity contribution in [3.8, 4) is 0 Å². The normalized spacial score (nSPS) is 17.1. The van der Waals surface area contributed by atoms with Crippen molar-refractivity contribution in [3.63, 3.8) is 0 Å². The maximum Gasteiger partial charge on any atom is 0.193 e. The van der Waals surface area contributed by atoms with Crippen LogP contribution < -0.4 is 11.1 Å². The number of hydrogen-bond acceptors (Lipinski definition) is 2. The summed E-state index contributed by atoms with van der Waals surface area (Å²) in [7, 11) is 0. The van der Waals surface area contributed by atoms with Gasteiger partial charge in [0.2, 0.25) is 0 Å². The molecule has 1 aliphatic rings. The van der Waals surface area contributed by atoms with Gasteiger partial charge in [-0.3, -0.25) is 0 Å². The van der Waals surface area contributed by atoms with Crippen LogP contribution in [0.3, 0.4) is 0 Å². The first-order valence-corrected chi connectivity index (χ1v) is 9.41. The largest absolute Gasteiger partial charge is 0.381 e. The van der Waals surface area contributed by atoms with Crippen molar-refractivity contribution < 1.29 is 4.74 Å². The highest BCUT2D eigenvalue weighted by Crippen LogP contribution is 2.30. The zero-order valence-electron chi connectivity index (χ0n) is 15.7. The molecular weight excluding hydrogens is 322 g/mol. The van der Waals surface area contributed by atoms with E-state index in [0.29, 0.717) is 11.9 Å². The van der Waals surface area contributed by atoms with Crippen LogP contribution in [0.1, 0.15) is 42.0 Å². The van der Waals surface area contributed by atoms with Gasteiger partial charge in [-0.1, -0.05) is 36.4 Å². The maximum atomic E-state index is 6.26. The molecule has 0 amide bonds. The van der Waals surface area contributed by atoms with Crippen molar-refractivity contribution in [1.82, 2.24) is 0 Å². The van der Waals surface area contributed by atoms with E-state index in [9.17, 15) is 0 Å². The van der Waals surface area contributed by atoms with Gasteiger partial charge < -0.3 is 15.8 Å². The van der Waals surface area contributed by atoms with E-state index >= 15 is 0 Å². The van der Waals surface area contributed by atoms with Gasteiger partial charge in [0.15, 0.2) is 5.96 Å². The van der Waals surface area contributed by atoms with Crippen molar-refractivity contribution in [1.29, 1.82) is 0 Å². The predicted octanol–water partition coefficient (Wildman–Crippen LogP) is 4.59. The molecule has 0 bridgehead atoms. The number of nitrogens with one attached hydrogen (secondary N) is 1. The molecule has 1 fully saturated rings. The van der Waals surface area contributed by atoms with Crippen molar-refractivity contribution in [2.45, 2.75) is 39.2 Å². The number of anilines is 1. The molecule has 1 aliphatic heterocycles. The second kappa shape index (κ2) is 8.86. The van der Waals surface area contributed by atoms with E-state index in [4.69, 9.17) is 15.5 Å². The Kier molecular flexibility index (Phi) is 6.29. The summed E-state index contributed by atoms with van der Waals surface area (Å²) >= 11 is 0. The Bertz CT molecular complexity index is 716. The topological polar surface area (TPSA) is 59.6 Å². The number of aryl methyl sites for hydroxylation is 2. The van der Waals surface area contributed by atoms with E-state index < -0.39 is 0 Å². The van der Waals surface area contributed by atoms with Crippen molar-refractivity contribution in [2.75, 3.05) is 18.5 Å². The molecule has 3 rings (SSSR count). The highest BCUT2D eigenvalue weighted by atomic mass is 16.5. The molecule has 0 aromatic heterocycles. The summed E-state index contributed by atoms with van der Waals surface area (Å²) in [6.07, 6.45) is 3.20. The van der Waals surface area contributed by atoms with E-state index in [-0.39, 0.29) is 6.04 Å². The van der Waals surface area contributed by atoms with Gasteiger partial charge in [-0.25, -0.2) is 4.99 Å². The molecule has 2 aromatic rings. The Balaban J connectivity index is 1.77. The lowest BCUT2D eigenvalue weighted by atomic mass is 9.90. The standard InChI is InChI=1S/C22H29N3O/c1-16-12-17(2)14-20(13-16)24-22(23)25-21(19-6-4-3-5-7-19)15-18-8-10-26-11-9-18/h3-7,12-14,18,21H,8-11,15H2,1-2H3,(H3,23,24,25). The van der Waals surface area contributed by atoms with Gasteiger partial charge >= 0.3 is 0 Å². The fraction of sp³-hybridized carbons (Fsp3) is 0.409. The van der Waals surface area contributed by atoms with Gasteiger partial charge in [-0.2, -0.15) is 0 Å². The van der Waals surface area contributed by atoms with Crippen LogP contribution >= 0.6 is 0 Å². The van der Waals surface area contributed by atoms with Crippen LogP contribution in [0.2, 0.25) is 0 Å². The number of guanidine groups is 1. The van der Waals surface area contributed by atoms with E-state index in [0.717, 1.165) is 38.2 Å². The van der Waals surface area contributed by atoms with Crippen LogP contribution in [0.25, 0.3) is 0 Å². The molecule has 1 saturated heterocycles. The number of aliphatic imine (C=N–C) groups is 1. The highest BCUT2D eigenvalue weighted by molar-refractivity contribution is 5.92. The third-order valence-corrected chi connectivity index (χ3v) is 4.87. The Hall–Kier alpha value is -2.33. The summed E-state index contributed by atoms with van der Waals surface area (Å²) in [5.74, 6) is 1.10. The lowest BCUT2D eigenvalue weighted by molar-refractivity contribution is 0.0619. The Morgan fingerprint density at radius 2 is 1.77 bits per heavy atom. The van der Waals surface area contributed by atoms with Crippen molar-refractivity contribution in [3.05, 3.63) is 65.2 Å². The minimum Gasteiger partial charge on any atom is -0.381 e. The van der Waals surface area contributed by atoms with E-state index in [1.54, 1.807) is 0 Å². The number of benzene rings is 2. The van der Waals surface area contributed by atoms with Crippen LogP contribution in [0.4, 0.5) is 5.69 Å². The third kappa shape index (κ3) is 5.33. The van der Waals surface area contributed by atoms with E-state index in [2.05, 4.69) is 61.6 Å². The van der Waals surface area contributed by atoms with Crippen LogP contribution in [-0.2, 0) is 4.74 Å². The average molecular weight is 351 g/mol. The molecule has 4 nitrogen and oxygen atoms in total. The van der Waals surface area contributed by atoms with Gasteiger partial charge in [0.25, 0.3) is 0 Å². The van der Waals surface area contributed by atoms with Gasteiger partial charge in [0, 0.05) is 18.9 Å². The second-order valence-electron chi connectivity index (χ2n) is 7.23. The minimum absolute atomic E-state index is 0.0673. The maximum absolute atomic E-state index is 6.26. The van der Waals surface area contributed by atoms with Crippen molar-refractivity contribution in [2.24, 2.45) is 16.6 Å². The van der Waals surface area contributed by atoms with E-state index in [1.807, 2.05) is 6.07 Å². The molecule has 1 unspecified atom stereocenters. The number of nitrogens with two attached hydrogens (primary N) is 1. The first kappa shape index (κ1) is 18.5. The summed E-state index contributed by atoms with van der Waals surface area (Å²) in [5, 5.41) is 3.26. The lowest BCUT2D eigenvalue weighted by Crippen LogP contribution is -2.25. The molecule has 3 N–H and O–H groups in total. The van der Waals surface area contributed by atoms with Crippen molar-refractivity contribution >= 4 is 11.6 Å². The molecule has 0 aliphatic carbocycles. The second-order valence-corrected chi connectivity index (χ2v) is 7.23. The summed E-state index contributed by atoms with van der Waals surface area (Å²) < 4.78 is 5.50. The number of ether oxygens (including phenoxy) is 1. The smallest absolute Gasteiger partial charge is 0.193 e. The molecule has 0 spiro atoms. The average Bonchev–Trinajstić information content (AvgIpc) is 2.62. The fourth-order valence-corrected chi connectivity index (χ4v) is 3.63. The predicted molar refractivity (Wildman–Crippen MR) is 109 cm³/mol. The SMILES string of the molecule is Cc1cc(C)cc(NC(N)=NC(CC2CCOCC2)c2ccccc2)c1. The van der Waals surface area contributed by atoms with Crippen LogP contribution in [0.15, 0.2) is 53.5 Å². The minimum atomic E-state index is 0.0673. The van der Waals surface area contributed by atoms with Gasteiger partial charge in [0.1, 0.15) is 0 Å². The van der Waals surface area contributed by atoms with Crippen LogP contribution in [0.5, 0.6) is 0 Å². The van der Waals surface area contributed by atoms with E-state index in [1.165, 1.54) is 16.7 Å². The van der Waals surface area contributed by atoms with Crippen LogP contribution in [0, 0.1) is 19.8 Å². The zero-order valence-corrected chi connectivity index (χ0v) is 15.7. The number of rotatable bonds is 5. The molecule has 0 saturated carbocycles. The molecule has 1 atom stereocenters. The van der Waals surface area contributed by atoms with Gasteiger partial charge in [-0.15, -0.1) is 0 Å². The van der Waals surface area contributed by atoms with Gasteiger partial charge in [-0.05, 0) is 67.9 Å². The Labute approximate surface area is 156 Å². The Morgan fingerprint density at radius 3 is 2.42 bits per heavy atom. The zero-order chi connectivity index (χ0) is 18.4. The third-order valence-electron chi connectivity index (χ3n) is 4.87.